The molecule has 9 heteroatoms. The third-order valence-corrected chi connectivity index (χ3v) is 2.36. The molecule has 84 valence electrons. The number of rotatable bonds is 0. The Kier molecular flexibility index (Phi) is 1.69. The van der Waals surface area contributed by atoms with Crippen molar-refractivity contribution < 1.29 is 14.8 Å². The van der Waals surface area contributed by atoms with Gasteiger partial charge in [0.1, 0.15) is 0 Å². The molecule has 0 saturated carbocycles. The van der Waals surface area contributed by atoms with Gasteiger partial charge in [-0.2, -0.15) is 15.0 Å². The minimum atomic E-state index is -1.73. The second-order valence-corrected chi connectivity index (χ2v) is 3.29. The number of amides is 3. The van der Waals surface area contributed by atoms with Gasteiger partial charge in [0.05, 0.1) is 6.21 Å². The van der Waals surface area contributed by atoms with Crippen molar-refractivity contribution in [3.8, 4) is 0 Å². The van der Waals surface area contributed by atoms with E-state index in [0.717, 1.165) is 6.21 Å². The van der Waals surface area contributed by atoms with Crippen LogP contribution in [0.3, 0.4) is 0 Å². The predicted octanol–water partition coefficient (Wildman–Crippen LogP) is -0.929. The maximum Gasteiger partial charge on any atom is 0.370 e. The van der Waals surface area contributed by atoms with Crippen molar-refractivity contribution in [2.24, 2.45) is 25.0 Å². The van der Waals surface area contributed by atoms with Crippen LogP contribution in [0, 0.1) is 0 Å². The second-order valence-electron chi connectivity index (χ2n) is 3.29. The largest absolute Gasteiger partial charge is 0.370 e. The zero-order valence-corrected chi connectivity index (χ0v) is 8.18. The molecule has 9 nitrogen and oxygen atoms in total. The van der Waals surface area contributed by atoms with Crippen LogP contribution in [0.25, 0.3) is 0 Å². The van der Waals surface area contributed by atoms with E-state index in [4.69, 9.17) is 0 Å². The van der Waals surface area contributed by atoms with Crippen molar-refractivity contribution in [3.05, 3.63) is 0 Å². The predicted molar refractivity (Wildman–Crippen MR) is 57.1 cm³/mol. The van der Waals surface area contributed by atoms with E-state index in [9.17, 15) is 14.8 Å². The van der Waals surface area contributed by atoms with Crippen molar-refractivity contribution in [2.75, 3.05) is 0 Å². The Morgan fingerprint density at radius 2 is 1.82 bits per heavy atom. The summed E-state index contributed by atoms with van der Waals surface area (Å²) in [6.45, 7) is 0. The fourth-order valence-corrected chi connectivity index (χ4v) is 1.64. The summed E-state index contributed by atoms with van der Waals surface area (Å²) >= 11 is 0. The molecule has 0 saturated heterocycles. The highest BCUT2D eigenvalue weighted by molar-refractivity contribution is 6.39. The van der Waals surface area contributed by atoms with Crippen LogP contribution in [0.4, 0.5) is 4.79 Å². The monoisotopic (exact) mass is 232 g/mol. The first kappa shape index (κ1) is 9.66. The number of carbonyl (C=O) groups excluding carboxylic acids is 2. The fraction of sp³-hybridized carbons (Fsp3) is 0.125. The maximum absolute atomic E-state index is 11.4. The molecular formula is C8H4N6O3. The SMILES string of the molecule is O=C1N=C2N=CC=NC23C(=N1)N=CC(=O)N3O. The number of aliphatic imine (C=N–C) groups is 5. The summed E-state index contributed by atoms with van der Waals surface area (Å²) in [4.78, 5) is 41.0. The molecule has 3 aliphatic rings. The first-order valence-corrected chi connectivity index (χ1v) is 4.52. The van der Waals surface area contributed by atoms with E-state index < -0.39 is 17.6 Å². The molecule has 0 aromatic rings. The quantitative estimate of drug-likeness (QED) is 0.543. The van der Waals surface area contributed by atoms with Crippen LogP contribution in [0.5, 0.6) is 0 Å². The first-order chi connectivity index (χ1) is 8.14. The second kappa shape index (κ2) is 2.98. The third kappa shape index (κ3) is 1.08. The van der Waals surface area contributed by atoms with E-state index in [1.165, 1.54) is 12.4 Å². The van der Waals surface area contributed by atoms with E-state index in [1.54, 1.807) is 0 Å². The van der Waals surface area contributed by atoms with Gasteiger partial charge in [-0.3, -0.25) is 10.0 Å². The average molecular weight is 232 g/mol. The summed E-state index contributed by atoms with van der Waals surface area (Å²) in [7, 11) is 0. The van der Waals surface area contributed by atoms with Crippen molar-refractivity contribution in [2.45, 2.75) is 5.66 Å². The molecule has 3 aliphatic heterocycles. The Morgan fingerprint density at radius 1 is 1.12 bits per heavy atom. The van der Waals surface area contributed by atoms with E-state index in [2.05, 4.69) is 25.0 Å². The Balaban J connectivity index is 2.29. The zero-order valence-electron chi connectivity index (χ0n) is 8.18. The van der Waals surface area contributed by atoms with Gasteiger partial charge in [0.2, 0.25) is 0 Å². The molecule has 0 aromatic heterocycles. The Labute approximate surface area is 93.6 Å². The van der Waals surface area contributed by atoms with Gasteiger partial charge in [-0.25, -0.2) is 19.8 Å². The van der Waals surface area contributed by atoms with Crippen LogP contribution < -0.4 is 0 Å². The van der Waals surface area contributed by atoms with Gasteiger partial charge in [0.15, 0.2) is 11.7 Å². The molecule has 0 aliphatic carbocycles. The number of amidine groups is 2. The fourth-order valence-electron chi connectivity index (χ4n) is 1.64. The summed E-state index contributed by atoms with van der Waals surface area (Å²) in [5, 5.41) is 10.1. The first-order valence-electron chi connectivity index (χ1n) is 4.52. The van der Waals surface area contributed by atoms with Gasteiger partial charge in [0, 0.05) is 12.4 Å². The molecule has 1 spiro atoms. The van der Waals surface area contributed by atoms with Crippen molar-refractivity contribution >= 4 is 42.3 Å². The summed E-state index contributed by atoms with van der Waals surface area (Å²) in [5.41, 5.74) is -1.73. The number of hydrogen-bond acceptors (Lipinski definition) is 6. The van der Waals surface area contributed by atoms with Crippen LogP contribution in [-0.4, -0.2) is 58.2 Å². The van der Waals surface area contributed by atoms with Crippen LogP contribution in [0.1, 0.15) is 0 Å². The summed E-state index contributed by atoms with van der Waals surface area (Å²) in [6.07, 6.45) is 3.40. The van der Waals surface area contributed by atoms with Crippen LogP contribution in [-0.2, 0) is 4.79 Å². The molecular weight excluding hydrogens is 228 g/mol. The van der Waals surface area contributed by atoms with Gasteiger partial charge in [-0.1, -0.05) is 0 Å². The van der Waals surface area contributed by atoms with Crippen LogP contribution in [0.15, 0.2) is 25.0 Å². The number of nitrogens with zero attached hydrogens (tertiary/aromatic N) is 6. The number of hydrogen-bond donors (Lipinski definition) is 1. The lowest BCUT2D eigenvalue weighted by atomic mass is 10.0. The molecule has 0 bridgehead atoms. The lowest BCUT2D eigenvalue weighted by Gasteiger charge is -2.37. The van der Waals surface area contributed by atoms with E-state index >= 15 is 0 Å². The summed E-state index contributed by atoms with van der Waals surface area (Å²) in [6, 6.07) is -0.806. The van der Waals surface area contributed by atoms with Gasteiger partial charge >= 0.3 is 6.03 Å². The number of urea groups is 1. The van der Waals surface area contributed by atoms with Crippen LogP contribution >= 0.6 is 0 Å². The Morgan fingerprint density at radius 3 is 2.59 bits per heavy atom. The van der Waals surface area contributed by atoms with Crippen molar-refractivity contribution in [3.63, 3.8) is 0 Å². The van der Waals surface area contributed by atoms with E-state index in [-0.39, 0.29) is 11.7 Å². The highest BCUT2D eigenvalue weighted by Crippen LogP contribution is 2.28. The Hall–Kier alpha value is -2.55. The van der Waals surface area contributed by atoms with E-state index in [1.807, 2.05) is 0 Å². The van der Waals surface area contributed by atoms with Gasteiger partial charge in [-0.15, -0.1) is 0 Å². The molecule has 0 fully saturated rings. The van der Waals surface area contributed by atoms with Gasteiger partial charge < -0.3 is 0 Å². The third-order valence-electron chi connectivity index (χ3n) is 2.36. The minimum absolute atomic E-state index is 0.136. The van der Waals surface area contributed by atoms with Crippen LogP contribution in [0.2, 0.25) is 0 Å². The van der Waals surface area contributed by atoms with Crippen molar-refractivity contribution in [1.29, 1.82) is 0 Å². The highest BCUT2D eigenvalue weighted by Gasteiger charge is 2.54. The molecule has 3 amide bonds. The summed E-state index contributed by atoms with van der Waals surface area (Å²) < 4.78 is 0. The Bertz CT molecular complexity index is 586. The van der Waals surface area contributed by atoms with E-state index in [0.29, 0.717) is 5.06 Å². The molecule has 3 heterocycles. The molecule has 17 heavy (non-hydrogen) atoms. The molecule has 3 rings (SSSR count). The van der Waals surface area contributed by atoms with Gasteiger partial charge in [-0.05, 0) is 0 Å². The molecule has 1 N–H and O–H groups in total. The number of carbonyl (C=O) groups is 2. The molecule has 1 unspecified atom stereocenters. The minimum Gasteiger partial charge on any atom is -0.282 e. The topological polar surface area (TPSA) is 119 Å². The number of hydroxylamine groups is 2. The molecule has 0 radical (unpaired) electrons. The lowest BCUT2D eigenvalue weighted by Crippen LogP contribution is -2.63. The molecule has 1 atom stereocenters. The normalized spacial score (nSPS) is 29.8. The molecule has 0 aromatic carbocycles. The maximum atomic E-state index is 11.4. The van der Waals surface area contributed by atoms with Gasteiger partial charge in [0.25, 0.3) is 11.6 Å². The lowest BCUT2D eigenvalue weighted by molar-refractivity contribution is -0.167. The smallest absolute Gasteiger partial charge is 0.282 e. The summed E-state index contributed by atoms with van der Waals surface area (Å²) in [5.74, 6) is -1.06. The average Bonchev–Trinajstić information content (AvgIpc) is 2.33. The van der Waals surface area contributed by atoms with Crippen molar-refractivity contribution in [1.82, 2.24) is 5.06 Å². The standard InChI is InChI=1S/C8H4N6O3/c15-4-3-10-6-8(14(4)17)5(9-1-2-11-8)12-7(16)13-6/h1-3,17H. The zero-order chi connectivity index (χ0) is 12.0. The highest BCUT2D eigenvalue weighted by atomic mass is 16.5.